The van der Waals surface area contributed by atoms with Gasteiger partial charge >= 0.3 is 0 Å². The fourth-order valence-electron chi connectivity index (χ4n) is 7.96. The second-order valence-electron chi connectivity index (χ2n) is 13.6. The maximum atomic E-state index is 6.54. The highest BCUT2D eigenvalue weighted by molar-refractivity contribution is 6.23. The van der Waals surface area contributed by atoms with Gasteiger partial charge in [-0.05, 0) is 84.5 Å². The molecule has 4 heteroatoms. The van der Waals surface area contributed by atoms with Gasteiger partial charge in [0.15, 0.2) is 17.5 Å². The van der Waals surface area contributed by atoms with Crippen LogP contribution in [0, 0.1) is 0 Å². The summed E-state index contributed by atoms with van der Waals surface area (Å²) in [5, 5.41) is 11.7. The Kier molecular flexibility index (Phi) is 6.52. The van der Waals surface area contributed by atoms with Crippen molar-refractivity contribution in [2.24, 2.45) is 0 Å². The Labute approximate surface area is 304 Å². The van der Waals surface area contributed by atoms with E-state index in [1.54, 1.807) is 0 Å². The number of furan rings is 1. The first-order chi connectivity index (χ1) is 26.2. The number of rotatable bonds is 4. The third-order valence-corrected chi connectivity index (χ3v) is 10.5. The van der Waals surface area contributed by atoms with Gasteiger partial charge in [-0.15, -0.1) is 0 Å². The van der Waals surface area contributed by atoms with Crippen molar-refractivity contribution in [3.63, 3.8) is 0 Å². The maximum Gasteiger partial charge on any atom is 0.164 e. The molecule has 246 valence electrons. The summed E-state index contributed by atoms with van der Waals surface area (Å²) in [6.45, 7) is 0. The zero-order valence-corrected chi connectivity index (χ0v) is 28.5. The van der Waals surface area contributed by atoms with E-state index in [0.29, 0.717) is 17.5 Å². The molecule has 0 aliphatic heterocycles. The van der Waals surface area contributed by atoms with Gasteiger partial charge in [0.05, 0.1) is 0 Å². The van der Waals surface area contributed by atoms with Crippen LogP contribution < -0.4 is 0 Å². The molecule has 0 radical (unpaired) electrons. The largest absolute Gasteiger partial charge is 0.456 e. The predicted octanol–water partition coefficient (Wildman–Crippen LogP) is 13.1. The van der Waals surface area contributed by atoms with Crippen LogP contribution in [-0.4, -0.2) is 15.0 Å². The molecule has 4 nitrogen and oxygen atoms in total. The molecule has 0 amide bonds. The Balaban J connectivity index is 1.17. The molecule has 2 heterocycles. The van der Waals surface area contributed by atoms with Gasteiger partial charge in [0.1, 0.15) is 11.2 Å². The average molecular weight is 676 g/mol. The Hall–Kier alpha value is -7.17. The van der Waals surface area contributed by atoms with Crippen molar-refractivity contribution >= 4 is 65.0 Å². The minimum absolute atomic E-state index is 0.600. The molecule has 0 bridgehead atoms. The summed E-state index contributed by atoms with van der Waals surface area (Å²) >= 11 is 0. The number of fused-ring (bicyclic) bond motifs is 9. The molecule has 0 N–H and O–H groups in total. The van der Waals surface area contributed by atoms with E-state index < -0.39 is 0 Å². The van der Waals surface area contributed by atoms with E-state index in [1.807, 2.05) is 42.5 Å². The Bertz CT molecular complexity index is 3240. The van der Waals surface area contributed by atoms with E-state index in [-0.39, 0.29) is 0 Å². The van der Waals surface area contributed by atoms with Gasteiger partial charge in [0.2, 0.25) is 0 Å². The first-order valence-electron chi connectivity index (χ1n) is 17.9. The van der Waals surface area contributed by atoms with Gasteiger partial charge in [-0.25, -0.2) is 15.0 Å². The Morgan fingerprint density at radius 3 is 1.85 bits per heavy atom. The highest BCUT2D eigenvalue weighted by Gasteiger charge is 2.20. The molecule has 0 saturated carbocycles. The summed E-state index contributed by atoms with van der Waals surface area (Å²) in [5.74, 6) is 1.85. The van der Waals surface area contributed by atoms with Crippen LogP contribution in [0.5, 0.6) is 0 Å². The van der Waals surface area contributed by atoms with Crippen molar-refractivity contribution in [1.82, 2.24) is 15.0 Å². The molecule has 2 aromatic heterocycles. The molecule has 9 aromatic carbocycles. The number of benzene rings is 9. The monoisotopic (exact) mass is 675 g/mol. The van der Waals surface area contributed by atoms with Gasteiger partial charge in [-0.1, -0.05) is 146 Å². The second kappa shape index (κ2) is 11.7. The van der Waals surface area contributed by atoms with Gasteiger partial charge in [-0.3, -0.25) is 0 Å². The molecule has 0 unspecified atom stereocenters. The Morgan fingerprint density at radius 1 is 0.302 bits per heavy atom. The molecular formula is C49H29N3O. The maximum absolute atomic E-state index is 6.54. The topological polar surface area (TPSA) is 51.8 Å². The van der Waals surface area contributed by atoms with Crippen molar-refractivity contribution in [2.45, 2.75) is 0 Å². The number of nitrogens with zero attached hydrogens (tertiary/aromatic N) is 3. The molecule has 0 aliphatic rings. The molecule has 11 aromatic rings. The van der Waals surface area contributed by atoms with Crippen LogP contribution in [0.15, 0.2) is 180 Å². The molecule has 11 rings (SSSR count). The predicted molar refractivity (Wildman–Crippen MR) is 219 cm³/mol. The summed E-state index contributed by atoms with van der Waals surface area (Å²) in [4.78, 5) is 15.3. The van der Waals surface area contributed by atoms with Crippen LogP contribution in [0.2, 0.25) is 0 Å². The van der Waals surface area contributed by atoms with Crippen molar-refractivity contribution < 1.29 is 4.42 Å². The van der Waals surface area contributed by atoms with E-state index in [0.717, 1.165) is 49.6 Å². The quantitative estimate of drug-likeness (QED) is 0.174. The first kappa shape index (κ1) is 29.5. The molecule has 0 saturated heterocycles. The van der Waals surface area contributed by atoms with E-state index in [1.165, 1.54) is 43.3 Å². The third-order valence-electron chi connectivity index (χ3n) is 10.5. The lowest BCUT2D eigenvalue weighted by Gasteiger charge is -2.14. The molecule has 53 heavy (non-hydrogen) atoms. The number of hydrogen-bond donors (Lipinski definition) is 0. The average Bonchev–Trinajstić information content (AvgIpc) is 3.61. The van der Waals surface area contributed by atoms with Gasteiger partial charge in [-0.2, -0.15) is 0 Å². The summed E-state index contributed by atoms with van der Waals surface area (Å²) in [6.07, 6.45) is 0. The van der Waals surface area contributed by atoms with Crippen LogP contribution in [0.25, 0.3) is 110 Å². The van der Waals surface area contributed by atoms with Gasteiger partial charge in [0.25, 0.3) is 0 Å². The summed E-state index contributed by atoms with van der Waals surface area (Å²) in [6, 6.07) is 61.7. The van der Waals surface area contributed by atoms with E-state index in [2.05, 4.69) is 133 Å². The van der Waals surface area contributed by atoms with Crippen LogP contribution in [0.1, 0.15) is 0 Å². The smallest absolute Gasteiger partial charge is 0.164 e. The van der Waals surface area contributed by atoms with Crippen molar-refractivity contribution in [3.05, 3.63) is 176 Å². The molecule has 0 fully saturated rings. The van der Waals surface area contributed by atoms with E-state index >= 15 is 0 Å². The highest BCUT2D eigenvalue weighted by atomic mass is 16.3. The van der Waals surface area contributed by atoms with Crippen LogP contribution in [0.3, 0.4) is 0 Å². The Morgan fingerprint density at radius 2 is 0.981 bits per heavy atom. The molecule has 0 aliphatic carbocycles. The van der Waals surface area contributed by atoms with Crippen LogP contribution >= 0.6 is 0 Å². The summed E-state index contributed by atoms with van der Waals surface area (Å²) < 4.78 is 6.54. The van der Waals surface area contributed by atoms with Crippen LogP contribution in [-0.2, 0) is 0 Å². The third kappa shape index (κ3) is 4.80. The fraction of sp³-hybridized carbons (Fsp3) is 0. The number of hydrogen-bond acceptors (Lipinski definition) is 4. The molecule has 0 spiro atoms. The second-order valence-corrected chi connectivity index (χ2v) is 13.6. The lowest BCUT2D eigenvalue weighted by Crippen LogP contribution is -2.00. The highest BCUT2D eigenvalue weighted by Crippen LogP contribution is 2.43. The SMILES string of the molecule is c1ccc(-c2nc(-c3ccc4ccccc4c3)nc(-c3cccc4oc5ccc(-c6cc7ccccc7c7ccc8ccccc8c67)cc5c34)n2)cc1. The van der Waals surface area contributed by atoms with E-state index in [4.69, 9.17) is 19.4 Å². The van der Waals surface area contributed by atoms with Crippen LogP contribution in [0.4, 0.5) is 0 Å². The standard InChI is InChI=1S/C49H29N3O/c1-2-13-32(14-3-1)47-50-48(36-22-21-30-11-4-5-15-33(30)27-36)52-49(51-47)40-19-10-20-44-46(40)42-29-35(24-26-43(42)53-44)41-28-34-16-7-8-17-37(34)39-25-23-31-12-6-9-18-38(31)45(39)41/h1-29H. The minimum atomic E-state index is 0.600. The molecule has 0 atom stereocenters. The lowest BCUT2D eigenvalue weighted by atomic mass is 9.89. The summed E-state index contributed by atoms with van der Waals surface area (Å²) in [5.41, 5.74) is 6.69. The molecular weight excluding hydrogens is 647 g/mol. The van der Waals surface area contributed by atoms with Crippen molar-refractivity contribution in [3.8, 4) is 45.3 Å². The first-order valence-corrected chi connectivity index (χ1v) is 17.9. The summed E-state index contributed by atoms with van der Waals surface area (Å²) in [7, 11) is 0. The number of aromatic nitrogens is 3. The van der Waals surface area contributed by atoms with Gasteiger partial charge in [0, 0.05) is 27.5 Å². The zero-order chi connectivity index (χ0) is 34.9. The lowest BCUT2D eigenvalue weighted by molar-refractivity contribution is 0.669. The van der Waals surface area contributed by atoms with Crippen molar-refractivity contribution in [2.75, 3.05) is 0 Å². The van der Waals surface area contributed by atoms with Crippen molar-refractivity contribution in [1.29, 1.82) is 0 Å². The van der Waals surface area contributed by atoms with E-state index in [9.17, 15) is 0 Å². The zero-order valence-electron chi connectivity index (χ0n) is 28.5. The fourth-order valence-corrected chi connectivity index (χ4v) is 7.96. The minimum Gasteiger partial charge on any atom is -0.456 e. The normalized spacial score (nSPS) is 11.8. The van der Waals surface area contributed by atoms with Gasteiger partial charge < -0.3 is 4.42 Å².